The van der Waals surface area contributed by atoms with Gasteiger partial charge in [0.2, 0.25) is 0 Å². The highest BCUT2D eigenvalue weighted by molar-refractivity contribution is 7.99. The Bertz CT molecular complexity index is 287. The van der Waals surface area contributed by atoms with Crippen LogP contribution in [0.4, 0.5) is 0 Å². The lowest BCUT2D eigenvalue weighted by Gasteiger charge is -2.04. The molecular formula is C14H23NOS. The van der Waals surface area contributed by atoms with Gasteiger partial charge in [0.15, 0.2) is 0 Å². The number of nitrogens with one attached hydrogen (secondary N) is 1. The number of thioether (sulfide) groups is 1. The van der Waals surface area contributed by atoms with Gasteiger partial charge in [-0.15, -0.1) is 11.8 Å². The van der Waals surface area contributed by atoms with E-state index in [9.17, 15) is 0 Å². The van der Waals surface area contributed by atoms with Crippen LogP contribution in [0.25, 0.3) is 0 Å². The first-order valence-electron chi connectivity index (χ1n) is 6.22. The minimum Gasteiger partial charge on any atom is -0.383 e. The summed E-state index contributed by atoms with van der Waals surface area (Å²) in [6.45, 7) is 4.98. The maximum absolute atomic E-state index is 4.97. The Morgan fingerprint density at radius 3 is 2.59 bits per heavy atom. The molecule has 0 fully saturated rings. The summed E-state index contributed by atoms with van der Waals surface area (Å²) in [6, 6.07) is 8.76. The third-order valence-electron chi connectivity index (χ3n) is 2.52. The predicted octanol–water partition coefficient (Wildman–Crippen LogP) is 3.10. The van der Waals surface area contributed by atoms with E-state index in [4.69, 9.17) is 4.74 Å². The van der Waals surface area contributed by atoms with Crippen LogP contribution < -0.4 is 5.32 Å². The Kier molecular flexibility index (Phi) is 8.14. The highest BCUT2D eigenvalue weighted by atomic mass is 32.2. The first kappa shape index (κ1) is 14.6. The second-order valence-electron chi connectivity index (χ2n) is 4.11. The number of aryl methyl sites for hydroxylation is 1. The SMILES string of the molecule is COCCNCCCCSc1ccc(C)cc1. The minimum absolute atomic E-state index is 0.804. The molecule has 0 unspecified atom stereocenters. The van der Waals surface area contributed by atoms with Crippen molar-refractivity contribution in [1.82, 2.24) is 5.32 Å². The number of rotatable bonds is 9. The zero-order chi connectivity index (χ0) is 12.3. The van der Waals surface area contributed by atoms with Crippen LogP contribution in [0.5, 0.6) is 0 Å². The molecule has 1 aromatic carbocycles. The Morgan fingerprint density at radius 1 is 1.12 bits per heavy atom. The molecule has 0 aromatic heterocycles. The van der Waals surface area contributed by atoms with Crippen molar-refractivity contribution in [2.45, 2.75) is 24.7 Å². The van der Waals surface area contributed by atoms with Crippen molar-refractivity contribution in [2.75, 3.05) is 32.6 Å². The van der Waals surface area contributed by atoms with Crippen LogP contribution >= 0.6 is 11.8 Å². The largest absolute Gasteiger partial charge is 0.383 e. The van der Waals surface area contributed by atoms with Gasteiger partial charge in [-0.25, -0.2) is 0 Å². The van der Waals surface area contributed by atoms with E-state index in [2.05, 4.69) is 36.5 Å². The lowest BCUT2D eigenvalue weighted by atomic mass is 10.2. The van der Waals surface area contributed by atoms with E-state index >= 15 is 0 Å². The number of hydrogen-bond acceptors (Lipinski definition) is 3. The van der Waals surface area contributed by atoms with Gasteiger partial charge < -0.3 is 10.1 Å². The fraction of sp³-hybridized carbons (Fsp3) is 0.571. The van der Waals surface area contributed by atoms with E-state index in [1.165, 1.54) is 29.1 Å². The Balaban J connectivity index is 1.95. The van der Waals surface area contributed by atoms with Gasteiger partial charge in [0, 0.05) is 18.6 Å². The zero-order valence-corrected chi connectivity index (χ0v) is 11.7. The van der Waals surface area contributed by atoms with Gasteiger partial charge in [-0.2, -0.15) is 0 Å². The molecule has 0 spiro atoms. The van der Waals surface area contributed by atoms with Crippen molar-refractivity contribution in [3.63, 3.8) is 0 Å². The van der Waals surface area contributed by atoms with Crippen molar-refractivity contribution in [1.29, 1.82) is 0 Å². The van der Waals surface area contributed by atoms with E-state index in [1.807, 2.05) is 11.8 Å². The number of unbranched alkanes of at least 4 members (excludes halogenated alkanes) is 1. The van der Waals surface area contributed by atoms with Crippen LogP contribution in [0.1, 0.15) is 18.4 Å². The fourth-order valence-corrected chi connectivity index (χ4v) is 2.39. The van der Waals surface area contributed by atoms with Crippen molar-refractivity contribution >= 4 is 11.8 Å². The average Bonchev–Trinajstić information content (AvgIpc) is 2.35. The van der Waals surface area contributed by atoms with Gasteiger partial charge >= 0.3 is 0 Å². The van der Waals surface area contributed by atoms with Crippen LogP contribution in [0, 0.1) is 6.92 Å². The number of methoxy groups -OCH3 is 1. The van der Waals surface area contributed by atoms with Crippen LogP contribution in [0.2, 0.25) is 0 Å². The zero-order valence-electron chi connectivity index (χ0n) is 10.9. The van der Waals surface area contributed by atoms with Crippen molar-refractivity contribution in [2.24, 2.45) is 0 Å². The van der Waals surface area contributed by atoms with Crippen LogP contribution in [-0.4, -0.2) is 32.6 Å². The molecule has 0 radical (unpaired) electrons. The second kappa shape index (κ2) is 9.51. The lowest BCUT2D eigenvalue weighted by Crippen LogP contribution is -2.20. The summed E-state index contributed by atoms with van der Waals surface area (Å²) < 4.78 is 4.97. The van der Waals surface area contributed by atoms with E-state index in [0.29, 0.717) is 0 Å². The first-order valence-corrected chi connectivity index (χ1v) is 7.20. The van der Waals surface area contributed by atoms with Crippen molar-refractivity contribution < 1.29 is 4.74 Å². The summed E-state index contributed by atoms with van der Waals surface area (Å²) >= 11 is 1.94. The number of hydrogen-bond donors (Lipinski definition) is 1. The van der Waals surface area contributed by atoms with Crippen molar-refractivity contribution in [3.05, 3.63) is 29.8 Å². The molecule has 0 amide bonds. The lowest BCUT2D eigenvalue weighted by molar-refractivity contribution is 0.199. The van der Waals surface area contributed by atoms with Gasteiger partial charge in [-0.05, 0) is 44.2 Å². The minimum atomic E-state index is 0.804. The second-order valence-corrected chi connectivity index (χ2v) is 5.28. The Labute approximate surface area is 109 Å². The van der Waals surface area contributed by atoms with Gasteiger partial charge in [0.05, 0.1) is 6.61 Å². The molecule has 17 heavy (non-hydrogen) atoms. The highest BCUT2D eigenvalue weighted by Gasteiger charge is 1.94. The molecule has 1 N–H and O–H groups in total. The Hall–Kier alpha value is -0.510. The average molecular weight is 253 g/mol. The monoisotopic (exact) mass is 253 g/mol. The molecule has 0 aliphatic rings. The molecule has 1 rings (SSSR count). The van der Waals surface area contributed by atoms with E-state index in [-0.39, 0.29) is 0 Å². The topological polar surface area (TPSA) is 21.3 Å². The maximum atomic E-state index is 4.97. The third-order valence-corrected chi connectivity index (χ3v) is 3.62. The predicted molar refractivity (Wildman–Crippen MR) is 75.9 cm³/mol. The van der Waals surface area contributed by atoms with E-state index in [0.717, 1.165) is 19.7 Å². The van der Waals surface area contributed by atoms with E-state index in [1.54, 1.807) is 7.11 Å². The molecule has 0 atom stereocenters. The molecule has 1 aromatic rings. The summed E-state index contributed by atoms with van der Waals surface area (Å²) in [6.07, 6.45) is 2.50. The summed E-state index contributed by atoms with van der Waals surface area (Å²) in [5.41, 5.74) is 1.33. The molecule has 96 valence electrons. The smallest absolute Gasteiger partial charge is 0.0587 e. The van der Waals surface area contributed by atoms with Crippen LogP contribution in [0.3, 0.4) is 0 Å². The quantitative estimate of drug-likeness (QED) is 0.540. The normalized spacial score (nSPS) is 10.7. The van der Waals surface area contributed by atoms with E-state index < -0.39 is 0 Å². The van der Waals surface area contributed by atoms with Crippen molar-refractivity contribution in [3.8, 4) is 0 Å². The van der Waals surface area contributed by atoms with Gasteiger partial charge in [-0.3, -0.25) is 0 Å². The third kappa shape index (κ3) is 7.42. The highest BCUT2D eigenvalue weighted by Crippen LogP contribution is 2.19. The van der Waals surface area contributed by atoms with Gasteiger partial charge in [0.25, 0.3) is 0 Å². The van der Waals surface area contributed by atoms with Crippen LogP contribution in [-0.2, 0) is 4.74 Å². The van der Waals surface area contributed by atoms with Gasteiger partial charge in [-0.1, -0.05) is 17.7 Å². The molecule has 0 heterocycles. The first-order chi connectivity index (χ1) is 8.33. The van der Waals surface area contributed by atoms with Gasteiger partial charge in [0.1, 0.15) is 0 Å². The summed E-state index contributed by atoms with van der Waals surface area (Å²) in [4.78, 5) is 1.38. The van der Waals surface area contributed by atoms with Crippen LogP contribution in [0.15, 0.2) is 29.2 Å². The molecule has 0 aliphatic heterocycles. The summed E-state index contributed by atoms with van der Waals surface area (Å²) in [5.74, 6) is 1.20. The molecule has 3 heteroatoms. The molecular weight excluding hydrogens is 230 g/mol. The maximum Gasteiger partial charge on any atom is 0.0587 e. The molecule has 0 aliphatic carbocycles. The summed E-state index contributed by atoms with van der Waals surface area (Å²) in [5, 5.41) is 3.36. The molecule has 0 saturated carbocycles. The standard InChI is InChI=1S/C14H23NOS/c1-13-5-7-14(8-6-13)17-12-4-3-9-15-10-11-16-2/h5-8,15H,3-4,9-12H2,1-2H3. The summed E-state index contributed by atoms with van der Waals surface area (Å²) in [7, 11) is 1.74. The number of ether oxygens (including phenoxy) is 1. The molecule has 0 saturated heterocycles. The number of benzene rings is 1. The Morgan fingerprint density at radius 2 is 1.88 bits per heavy atom. The molecule has 2 nitrogen and oxygen atoms in total. The fourth-order valence-electron chi connectivity index (χ4n) is 1.48. The molecule has 0 bridgehead atoms.